The first-order chi connectivity index (χ1) is 12.1. The van der Waals surface area contributed by atoms with Gasteiger partial charge in [0.15, 0.2) is 5.88 Å². The summed E-state index contributed by atoms with van der Waals surface area (Å²) in [4.78, 5) is 11.1. The van der Waals surface area contributed by atoms with Crippen molar-refractivity contribution in [2.75, 3.05) is 0 Å². The molecule has 0 fully saturated rings. The number of carboxylic acid groups (broad SMARTS) is 1. The van der Waals surface area contributed by atoms with E-state index in [1.165, 1.54) is 41.0 Å². The molecule has 136 valence electrons. The van der Waals surface area contributed by atoms with Gasteiger partial charge in [-0.05, 0) is 42.3 Å². The number of carboxylic acids is 1. The maximum Gasteiger partial charge on any atom is 0.573 e. The van der Waals surface area contributed by atoms with Crippen LogP contribution in [0.5, 0.6) is 11.6 Å². The molecular weight excluding hydrogens is 351 g/mol. The number of benzene rings is 2. The first kappa shape index (κ1) is 17.7. The van der Waals surface area contributed by atoms with Crippen molar-refractivity contribution in [2.45, 2.75) is 19.8 Å². The van der Waals surface area contributed by atoms with Crippen LogP contribution in [0.25, 0.3) is 10.8 Å². The molecule has 2 aromatic carbocycles. The largest absolute Gasteiger partial charge is 0.573 e. The van der Waals surface area contributed by atoms with Gasteiger partial charge in [0.05, 0.1) is 12.1 Å². The fourth-order valence-electron chi connectivity index (χ4n) is 2.83. The third-order valence-electron chi connectivity index (χ3n) is 3.91. The number of hydrogen-bond acceptors (Lipinski definition) is 3. The Morgan fingerprint density at radius 1 is 1.19 bits per heavy atom. The van der Waals surface area contributed by atoms with Gasteiger partial charge < -0.3 is 19.5 Å². The molecule has 0 amide bonds. The second-order valence-corrected chi connectivity index (χ2v) is 5.83. The van der Waals surface area contributed by atoms with Gasteiger partial charge in [0, 0.05) is 17.0 Å². The van der Waals surface area contributed by atoms with E-state index in [0.29, 0.717) is 21.9 Å². The van der Waals surface area contributed by atoms with Crippen molar-refractivity contribution in [1.82, 2.24) is 4.57 Å². The highest BCUT2D eigenvalue weighted by Gasteiger charge is 2.30. The molecule has 26 heavy (non-hydrogen) atoms. The van der Waals surface area contributed by atoms with Crippen molar-refractivity contribution in [3.8, 4) is 11.6 Å². The van der Waals surface area contributed by atoms with Crippen LogP contribution in [0, 0.1) is 6.92 Å². The molecule has 3 rings (SSSR count). The molecule has 0 atom stereocenters. The van der Waals surface area contributed by atoms with E-state index in [0.717, 1.165) is 0 Å². The first-order valence-corrected chi connectivity index (χ1v) is 7.54. The zero-order valence-corrected chi connectivity index (χ0v) is 13.5. The van der Waals surface area contributed by atoms with Gasteiger partial charge in [0.1, 0.15) is 5.75 Å². The topological polar surface area (TPSA) is 71.7 Å². The molecule has 3 aromatic rings. The number of halogens is 3. The van der Waals surface area contributed by atoms with Gasteiger partial charge in [-0.2, -0.15) is 0 Å². The van der Waals surface area contributed by atoms with Gasteiger partial charge in [-0.1, -0.05) is 12.1 Å². The number of carbonyl (C=O) groups is 1. The Bertz CT molecular complexity index is 975. The summed E-state index contributed by atoms with van der Waals surface area (Å²) in [6.45, 7) is 1.90. The summed E-state index contributed by atoms with van der Waals surface area (Å²) in [5, 5.41) is 20.6. The van der Waals surface area contributed by atoms with E-state index in [9.17, 15) is 23.1 Å². The van der Waals surface area contributed by atoms with E-state index in [-0.39, 0.29) is 23.7 Å². The lowest BCUT2D eigenvalue weighted by molar-refractivity contribution is -0.274. The van der Waals surface area contributed by atoms with Gasteiger partial charge in [-0.25, -0.2) is 4.79 Å². The second kappa shape index (κ2) is 6.29. The maximum atomic E-state index is 12.2. The van der Waals surface area contributed by atoms with Gasteiger partial charge in [0.2, 0.25) is 0 Å². The van der Waals surface area contributed by atoms with Crippen LogP contribution in [0.2, 0.25) is 0 Å². The molecule has 0 spiro atoms. The van der Waals surface area contributed by atoms with Crippen molar-refractivity contribution < 1.29 is 32.9 Å². The zero-order chi connectivity index (χ0) is 19.1. The van der Waals surface area contributed by atoms with Crippen molar-refractivity contribution in [3.05, 3.63) is 59.3 Å². The van der Waals surface area contributed by atoms with Crippen LogP contribution in [0.3, 0.4) is 0 Å². The van der Waals surface area contributed by atoms with Crippen molar-refractivity contribution in [2.24, 2.45) is 0 Å². The average Bonchev–Trinajstić information content (AvgIpc) is 2.84. The third kappa shape index (κ3) is 3.58. The Morgan fingerprint density at radius 3 is 2.42 bits per heavy atom. The predicted octanol–water partition coefficient (Wildman–Crippen LogP) is 4.30. The van der Waals surface area contributed by atoms with Crippen molar-refractivity contribution in [1.29, 1.82) is 0 Å². The number of ether oxygens (including phenoxy) is 1. The summed E-state index contributed by atoms with van der Waals surface area (Å²) in [6.07, 6.45) is -3.15. The molecule has 0 aliphatic carbocycles. The Kier molecular flexibility index (Phi) is 4.27. The molecule has 0 unspecified atom stereocenters. The standard InChI is InChI=1S/C18H14F3NO4/c1-10-6-12(17(24)25)7-13-9-22(16(23)15(10)13)8-11-2-4-14(5-3-11)26-18(19,20)21/h2-7,9,23H,8H2,1H3,(H,24,25). The molecule has 0 radical (unpaired) electrons. The molecule has 0 bridgehead atoms. The summed E-state index contributed by atoms with van der Waals surface area (Å²) >= 11 is 0. The Hall–Kier alpha value is -3.16. The number of aryl methyl sites for hydroxylation is 1. The summed E-state index contributed by atoms with van der Waals surface area (Å²) in [6, 6.07) is 8.23. The third-order valence-corrected chi connectivity index (χ3v) is 3.91. The number of aromatic carboxylic acids is 1. The molecule has 8 heteroatoms. The zero-order valence-electron chi connectivity index (χ0n) is 13.5. The van der Waals surface area contributed by atoms with Crippen LogP contribution in [0.15, 0.2) is 42.6 Å². The van der Waals surface area contributed by atoms with Crippen LogP contribution >= 0.6 is 0 Å². The van der Waals surface area contributed by atoms with Gasteiger partial charge >= 0.3 is 12.3 Å². The fraction of sp³-hybridized carbons (Fsp3) is 0.167. The fourth-order valence-corrected chi connectivity index (χ4v) is 2.83. The molecular formula is C18H14F3NO4. The Balaban J connectivity index is 1.90. The van der Waals surface area contributed by atoms with Crippen LogP contribution in [-0.4, -0.2) is 27.1 Å². The molecule has 1 aromatic heterocycles. The Labute approximate surface area is 145 Å². The van der Waals surface area contributed by atoms with Gasteiger partial charge in [-0.3, -0.25) is 0 Å². The second-order valence-electron chi connectivity index (χ2n) is 5.83. The highest BCUT2D eigenvalue weighted by atomic mass is 19.4. The van der Waals surface area contributed by atoms with Gasteiger partial charge in [-0.15, -0.1) is 13.2 Å². The average molecular weight is 365 g/mol. The summed E-state index contributed by atoms with van der Waals surface area (Å²) in [5.41, 5.74) is 1.37. The monoisotopic (exact) mass is 365 g/mol. The van der Waals surface area contributed by atoms with Crippen LogP contribution in [0.4, 0.5) is 13.2 Å². The van der Waals surface area contributed by atoms with Crippen LogP contribution in [0.1, 0.15) is 21.5 Å². The molecule has 1 heterocycles. The van der Waals surface area contributed by atoms with Crippen LogP contribution in [-0.2, 0) is 6.54 Å². The molecule has 2 N–H and O–H groups in total. The SMILES string of the molecule is Cc1cc(C(=O)O)cc2cn(Cc3ccc(OC(F)(F)F)cc3)c(O)c12. The highest BCUT2D eigenvalue weighted by molar-refractivity contribution is 5.98. The maximum absolute atomic E-state index is 12.2. The van der Waals surface area contributed by atoms with E-state index < -0.39 is 12.3 Å². The van der Waals surface area contributed by atoms with Crippen LogP contribution < -0.4 is 4.74 Å². The minimum absolute atomic E-state index is 0.0370. The number of rotatable bonds is 4. The summed E-state index contributed by atoms with van der Waals surface area (Å²) in [7, 11) is 0. The smallest absolute Gasteiger partial charge is 0.494 e. The quantitative estimate of drug-likeness (QED) is 0.723. The van der Waals surface area contributed by atoms with E-state index in [4.69, 9.17) is 5.11 Å². The molecule has 0 aliphatic rings. The number of hydrogen-bond donors (Lipinski definition) is 2. The minimum atomic E-state index is -4.75. The first-order valence-electron chi connectivity index (χ1n) is 7.54. The van der Waals surface area contributed by atoms with Crippen molar-refractivity contribution >= 4 is 16.7 Å². The predicted molar refractivity (Wildman–Crippen MR) is 87.5 cm³/mol. The van der Waals surface area contributed by atoms with E-state index >= 15 is 0 Å². The summed E-state index contributed by atoms with van der Waals surface area (Å²) < 4.78 is 41.9. The molecule has 0 saturated carbocycles. The molecule has 0 saturated heterocycles. The summed E-state index contributed by atoms with van der Waals surface area (Å²) in [5.74, 6) is -1.43. The van der Waals surface area contributed by atoms with E-state index in [1.54, 1.807) is 13.1 Å². The number of nitrogens with zero attached hydrogens (tertiary/aromatic N) is 1. The lowest BCUT2D eigenvalue weighted by atomic mass is 10.1. The lowest BCUT2D eigenvalue weighted by Crippen LogP contribution is -2.17. The number of fused-ring (bicyclic) bond motifs is 1. The van der Waals surface area contributed by atoms with E-state index in [2.05, 4.69) is 4.74 Å². The number of aromatic hydroxyl groups is 1. The lowest BCUT2D eigenvalue weighted by Gasteiger charge is -2.10. The number of aromatic nitrogens is 1. The highest BCUT2D eigenvalue weighted by Crippen LogP contribution is 2.32. The Morgan fingerprint density at radius 2 is 1.85 bits per heavy atom. The van der Waals surface area contributed by atoms with E-state index in [1.807, 2.05) is 0 Å². The normalized spacial score (nSPS) is 11.7. The van der Waals surface area contributed by atoms with Gasteiger partial charge in [0.25, 0.3) is 0 Å². The molecule has 0 aliphatic heterocycles. The van der Waals surface area contributed by atoms with Crippen molar-refractivity contribution in [3.63, 3.8) is 0 Å². The number of alkyl halides is 3. The minimum Gasteiger partial charge on any atom is -0.494 e. The molecule has 5 nitrogen and oxygen atoms in total.